The second kappa shape index (κ2) is 8.11. The highest BCUT2D eigenvalue weighted by Crippen LogP contribution is 2.30. The van der Waals surface area contributed by atoms with E-state index in [1.54, 1.807) is 18.2 Å². The van der Waals surface area contributed by atoms with Gasteiger partial charge in [-0.25, -0.2) is 4.79 Å². The van der Waals surface area contributed by atoms with Gasteiger partial charge in [0.15, 0.2) is 17.8 Å². The Labute approximate surface area is 150 Å². The van der Waals surface area contributed by atoms with E-state index in [2.05, 4.69) is 0 Å². The van der Waals surface area contributed by atoms with Crippen molar-refractivity contribution in [3.05, 3.63) is 48.0 Å². The third-order valence-corrected chi connectivity index (χ3v) is 3.83. The molecule has 0 spiro atoms. The monoisotopic (exact) mass is 364 g/mol. The van der Waals surface area contributed by atoms with E-state index in [1.165, 1.54) is 24.3 Å². The Balaban J connectivity index is 2.22. The van der Waals surface area contributed by atoms with Crippen LogP contribution in [-0.2, 0) is 23.8 Å². The molecule has 0 saturated carbocycles. The fraction of sp³-hybridized carbons (Fsp3) is 0.389. The molecule has 1 aromatic rings. The van der Waals surface area contributed by atoms with E-state index in [4.69, 9.17) is 14.2 Å². The third-order valence-electron chi connectivity index (χ3n) is 3.83. The van der Waals surface area contributed by atoms with E-state index in [0.717, 1.165) is 13.8 Å². The van der Waals surface area contributed by atoms with Crippen LogP contribution in [0, 0.1) is 0 Å². The topological polar surface area (TPSA) is 119 Å². The largest absolute Gasteiger partial charge is 0.459 e. The fourth-order valence-corrected chi connectivity index (χ4v) is 2.58. The van der Waals surface area contributed by atoms with Crippen molar-refractivity contribution in [3.8, 4) is 0 Å². The lowest BCUT2D eigenvalue weighted by Gasteiger charge is -2.42. The molecule has 0 radical (unpaired) electrons. The van der Waals surface area contributed by atoms with Crippen LogP contribution in [-0.4, -0.2) is 58.6 Å². The summed E-state index contributed by atoms with van der Waals surface area (Å²) in [7, 11) is 0. The summed E-state index contributed by atoms with van der Waals surface area (Å²) in [5.74, 6) is -2.16. The second-order valence-electron chi connectivity index (χ2n) is 5.87. The number of ether oxygens (including phenoxy) is 3. The molecule has 0 saturated heterocycles. The van der Waals surface area contributed by atoms with Crippen molar-refractivity contribution < 1.29 is 38.8 Å². The molecule has 0 amide bonds. The van der Waals surface area contributed by atoms with Crippen molar-refractivity contribution in [1.29, 1.82) is 0 Å². The Kier molecular flexibility index (Phi) is 6.12. The summed E-state index contributed by atoms with van der Waals surface area (Å²) in [5.41, 5.74) is -1.94. The smallest absolute Gasteiger partial charge is 0.338 e. The Hall–Kier alpha value is -2.71. The molecule has 1 aliphatic carbocycles. The minimum atomic E-state index is -2.19. The molecule has 140 valence electrons. The van der Waals surface area contributed by atoms with Gasteiger partial charge >= 0.3 is 17.9 Å². The molecule has 0 heterocycles. The van der Waals surface area contributed by atoms with E-state index >= 15 is 0 Å². The summed E-state index contributed by atoms with van der Waals surface area (Å²) >= 11 is 0. The van der Waals surface area contributed by atoms with Crippen molar-refractivity contribution in [2.75, 3.05) is 6.61 Å². The quantitative estimate of drug-likeness (QED) is 0.437. The summed E-state index contributed by atoms with van der Waals surface area (Å²) in [5, 5.41) is 21.1. The number of carbonyl (C=O) groups excluding carboxylic acids is 3. The molecule has 0 bridgehead atoms. The number of aliphatic hydroxyl groups excluding tert-OH is 1. The average molecular weight is 364 g/mol. The van der Waals surface area contributed by atoms with Crippen LogP contribution in [0.5, 0.6) is 0 Å². The molecule has 1 aliphatic rings. The number of hydrogen-bond donors (Lipinski definition) is 2. The molecule has 4 atom stereocenters. The molecular formula is C18H20O8. The Morgan fingerprint density at radius 3 is 2.23 bits per heavy atom. The number of rotatable bonds is 5. The van der Waals surface area contributed by atoms with E-state index in [0.29, 0.717) is 0 Å². The van der Waals surface area contributed by atoms with E-state index in [9.17, 15) is 24.6 Å². The average Bonchev–Trinajstić information content (AvgIpc) is 2.60. The summed E-state index contributed by atoms with van der Waals surface area (Å²) in [6.45, 7) is 1.58. The number of carbonyl (C=O) groups is 3. The molecule has 0 aliphatic heterocycles. The predicted octanol–water partition coefficient (Wildman–Crippen LogP) is 0.369. The molecule has 0 fully saturated rings. The standard InChI is InChI=1S/C18H20O8/c1-11(19)25-14-8-9-15(21)18(23,16(14)26-12(2)20)10-24-17(22)13-6-4-3-5-7-13/h3-9,14-16,21,23H,10H2,1-2H3/t14-,15-,16+,18+/m0/s1. The zero-order chi connectivity index (χ0) is 19.3. The van der Waals surface area contributed by atoms with Crippen LogP contribution in [0.25, 0.3) is 0 Å². The summed E-state index contributed by atoms with van der Waals surface area (Å²) in [6, 6.07) is 8.05. The molecular weight excluding hydrogens is 344 g/mol. The van der Waals surface area contributed by atoms with Crippen molar-refractivity contribution >= 4 is 17.9 Å². The molecule has 0 aromatic heterocycles. The zero-order valence-corrected chi connectivity index (χ0v) is 14.3. The highest BCUT2D eigenvalue weighted by atomic mass is 16.6. The summed E-state index contributed by atoms with van der Waals surface area (Å²) < 4.78 is 15.2. The third kappa shape index (κ3) is 4.47. The first-order chi connectivity index (χ1) is 12.2. The maximum absolute atomic E-state index is 12.1. The first-order valence-electron chi connectivity index (χ1n) is 7.89. The zero-order valence-electron chi connectivity index (χ0n) is 14.3. The Morgan fingerprint density at radius 2 is 1.65 bits per heavy atom. The molecule has 26 heavy (non-hydrogen) atoms. The van der Waals surface area contributed by atoms with Gasteiger partial charge in [-0.15, -0.1) is 0 Å². The summed E-state index contributed by atoms with van der Waals surface area (Å²) in [4.78, 5) is 34.8. The first-order valence-corrected chi connectivity index (χ1v) is 7.89. The Bertz CT molecular complexity index is 698. The van der Waals surface area contributed by atoms with Gasteiger partial charge in [-0.05, 0) is 18.2 Å². The lowest BCUT2D eigenvalue weighted by Crippen LogP contribution is -2.63. The molecule has 2 rings (SSSR count). The van der Waals surface area contributed by atoms with E-state index in [1.807, 2.05) is 0 Å². The van der Waals surface area contributed by atoms with Crippen molar-refractivity contribution in [2.45, 2.75) is 37.8 Å². The minimum Gasteiger partial charge on any atom is -0.459 e. The molecule has 1 aromatic carbocycles. The normalized spacial score (nSPS) is 27.5. The molecule has 8 heteroatoms. The van der Waals surface area contributed by atoms with Crippen molar-refractivity contribution in [1.82, 2.24) is 0 Å². The van der Waals surface area contributed by atoms with Crippen LogP contribution in [0.1, 0.15) is 24.2 Å². The van der Waals surface area contributed by atoms with Gasteiger partial charge in [0.05, 0.1) is 5.56 Å². The van der Waals surface area contributed by atoms with E-state index in [-0.39, 0.29) is 5.56 Å². The predicted molar refractivity (Wildman–Crippen MR) is 87.9 cm³/mol. The van der Waals surface area contributed by atoms with Gasteiger partial charge in [-0.3, -0.25) is 9.59 Å². The lowest BCUT2D eigenvalue weighted by molar-refractivity contribution is -0.211. The minimum absolute atomic E-state index is 0.248. The maximum atomic E-state index is 12.1. The summed E-state index contributed by atoms with van der Waals surface area (Å²) in [6.07, 6.45) is -1.62. The van der Waals surface area contributed by atoms with Crippen molar-refractivity contribution in [3.63, 3.8) is 0 Å². The highest BCUT2D eigenvalue weighted by Gasteiger charge is 2.53. The molecule has 0 unspecified atom stereocenters. The highest BCUT2D eigenvalue weighted by molar-refractivity contribution is 5.89. The number of esters is 3. The number of hydrogen-bond acceptors (Lipinski definition) is 8. The Morgan fingerprint density at radius 1 is 1.04 bits per heavy atom. The van der Waals surface area contributed by atoms with Crippen LogP contribution >= 0.6 is 0 Å². The fourth-order valence-electron chi connectivity index (χ4n) is 2.58. The maximum Gasteiger partial charge on any atom is 0.338 e. The van der Waals surface area contributed by atoms with Gasteiger partial charge in [-0.1, -0.05) is 24.3 Å². The van der Waals surface area contributed by atoms with Gasteiger partial charge < -0.3 is 24.4 Å². The van der Waals surface area contributed by atoms with E-state index < -0.39 is 48.4 Å². The van der Waals surface area contributed by atoms with Gasteiger partial charge in [0.2, 0.25) is 0 Å². The first kappa shape index (κ1) is 19.6. The van der Waals surface area contributed by atoms with Gasteiger partial charge in [-0.2, -0.15) is 0 Å². The van der Waals surface area contributed by atoms with Crippen LogP contribution in [0.4, 0.5) is 0 Å². The SMILES string of the molecule is CC(=O)O[C@H]1C=C[C@H](O)[C@](O)(COC(=O)c2ccccc2)[C@@H]1OC(C)=O. The van der Waals surface area contributed by atoms with Crippen LogP contribution < -0.4 is 0 Å². The second-order valence-corrected chi connectivity index (χ2v) is 5.87. The van der Waals surface area contributed by atoms with Crippen LogP contribution in [0.2, 0.25) is 0 Å². The van der Waals surface area contributed by atoms with Gasteiger partial charge in [0.1, 0.15) is 12.7 Å². The van der Waals surface area contributed by atoms with Crippen LogP contribution in [0.15, 0.2) is 42.5 Å². The number of aliphatic hydroxyl groups is 2. The number of benzene rings is 1. The molecule has 2 N–H and O–H groups in total. The lowest BCUT2D eigenvalue weighted by atomic mass is 9.82. The van der Waals surface area contributed by atoms with Gasteiger partial charge in [0, 0.05) is 13.8 Å². The van der Waals surface area contributed by atoms with Gasteiger partial charge in [0.25, 0.3) is 0 Å². The molecule has 8 nitrogen and oxygen atoms in total. The van der Waals surface area contributed by atoms with Crippen molar-refractivity contribution in [2.24, 2.45) is 0 Å². The van der Waals surface area contributed by atoms with Crippen LogP contribution in [0.3, 0.4) is 0 Å².